The van der Waals surface area contributed by atoms with E-state index in [4.69, 9.17) is 4.74 Å². The van der Waals surface area contributed by atoms with Crippen molar-refractivity contribution in [3.05, 3.63) is 48.0 Å². The van der Waals surface area contributed by atoms with E-state index < -0.39 is 0 Å². The second kappa shape index (κ2) is 9.04. The molecule has 1 saturated heterocycles. The molecule has 6 heteroatoms. The summed E-state index contributed by atoms with van der Waals surface area (Å²) in [7, 11) is 1.94. The van der Waals surface area contributed by atoms with Crippen LogP contribution < -0.4 is 10.1 Å². The molecule has 2 aromatic rings. The highest BCUT2D eigenvalue weighted by molar-refractivity contribution is 5.94. The third-order valence-electron chi connectivity index (χ3n) is 5.28. The fourth-order valence-electron chi connectivity index (χ4n) is 3.48. The van der Waals surface area contributed by atoms with E-state index in [0.717, 1.165) is 30.6 Å². The molecular formula is C21H30N4O2. The lowest BCUT2D eigenvalue weighted by molar-refractivity contribution is 0.0917. The highest BCUT2D eigenvalue weighted by atomic mass is 16.5. The van der Waals surface area contributed by atoms with Crippen LogP contribution in [0.1, 0.15) is 42.9 Å². The second-order valence-corrected chi connectivity index (χ2v) is 7.57. The number of aromatic nitrogens is 2. The maximum atomic E-state index is 12.4. The number of amides is 1. The normalized spacial score (nSPS) is 18.9. The van der Waals surface area contributed by atoms with Crippen molar-refractivity contribution in [2.45, 2.75) is 39.3 Å². The molecule has 1 N–H and O–H groups in total. The zero-order chi connectivity index (χ0) is 19.2. The number of imidazole rings is 1. The first-order valence-electron chi connectivity index (χ1n) is 9.74. The van der Waals surface area contributed by atoms with Gasteiger partial charge in [-0.3, -0.25) is 9.69 Å². The Labute approximate surface area is 161 Å². The molecule has 3 rings (SSSR count). The predicted octanol–water partition coefficient (Wildman–Crippen LogP) is 2.85. The molecule has 146 valence electrons. The number of benzene rings is 1. The first kappa shape index (κ1) is 19.4. The summed E-state index contributed by atoms with van der Waals surface area (Å²) in [5.74, 6) is 2.29. The van der Waals surface area contributed by atoms with Crippen LogP contribution in [-0.2, 0) is 13.7 Å². The Morgan fingerprint density at radius 3 is 2.81 bits per heavy atom. The van der Waals surface area contributed by atoms with E-state index in [0.29, 0.717) is 24.8 Å². The Morgan fingerprint density at radius 2 is 2.15 bits per heavy atom. The standard InChI is InChI=1S/C21H30N4O2/c1-16-5-4-11-25(14-16)17(2)13-23-21(26)18-6-8-19(9-7-18)27-15-20-22-10-12-24(20)3/h6-10,12,16-17H,4-5,11,13-15H2,1-3H3,(H,23,26). The number of hydrogen-bond donors (Lipinski definition) is 1. The minimum Gasteiger partial charge on any atom is -0.486 e. The molecule has 1 aliphatic heterocycles. The van der Waals surface area contributed by atoms with Crippen molar-refractivity contribution >= 4 is 5.91 Å². The Kier molecular flexibility index (Phi) is 6.50. The third-order valence-corrected chi connectivity index (χ3v) is 5.28. The molecule has 6 nitrogen and oxygen atoms in total. The van der Waals surface area contributed by atoms with Gasteiger partial charge in [-0.2, -0.15) is 0 Å². The number of nitrogens with zero attached hydrogens (tertiary/aromatic N) is 3. The average molecular weight is 370 g/mol. The molecule has 1 amide bonds. The number of hydrogen-bond acceptors (Lipinski definition) is 4. The molecule has 2 unspecified atom stereocenters. The van der Waals surface area contributed by atoms with Gasteiger partial charge in [0.2, 0.25) is 0 Å². The van der Waals surface area contributed by atoms with Crippen molar-refractivity contribution in [3.8, 4) is 5.75 Å². The lowest BCUT2D eigenvalue weighted by atomic mass is 9.99. The molecule has 1 aliphatic rings. The number of ether oxygens (including phenoxy) is 1. The molecule has 2 heterocycles. The maximum Gasteiger partial charge on any atom is 0.251 e. The lowest BCUT2D eigenvalue weighted by Gasteiger charge is -2.35. The predicted molar refractivity (Wildman–Crippen MR) is 106 cm³/mol. The highest BCUT2D eigenvalue weighted by Gasteiger charge is 2.21. The maximum absolute atomic E-state index is 12.4. The van der Waals surface area contributed by atoms with Crippen LogP contribution in [-0.4, -0.2) is 46.0 Å². The van der Waals surface area contributed by atoms with Gasteiger partial charge in [-0.1, -0.05) is 6.92 Å². The van der Waals surface area contributed by atoms with Crippen molar-refractivity contribution < 1.29 is 9.53 Å². The number of rotatable bonds is 7. The monoisotopic (exact) mass is 370 g/mol. The molecule has 1 fully saturated rings. The lowest BCUT2D eigenvalue weighted by Crippen LogP contribution is -2.46. The van der Waals surface area contributed by atoms with Gasteiger partial charge in [0.25, 0.3) is 5.91 Å². The first-order chi connectivity index (χ1) is 13.0. The van der Waals surface area contributed by atoms with E-state index >= 15 is 0 Å². The van der Waals surface area contributed by atoms with Crippen LogP contribution >= 0.6 is 0 Å². The van der Waals surface area contributed by atoms with Gasteiger partial charge in [0, 0.05) is 44.1 Å². The molecular weight excluding hydrogens is 340 g/mol. The van der Waals surface area contributed by atoms with Gasteiger partial charge in [-0.15, -0.1) is 0 Å². The summed E-state index contributed by atoms with van der Waals surface area (Å²) >= 11 is 0. The summed E-state index contributed by atoms with van der Waals surface area (Å²) in [5.41, 5.74) is 0.651. The largest absolute Gasteiger partial charge is 0.486 e. The first-order valence-corrected chi connectivity index (χ1v) is 9.74. The molecule has 2 atom stereocenters. The van der Waals surface area contributed by atoms with Crippen LogP contribution in [0, 0.1) is 5.92 Å². The molecule has 0 aliphatic carbocycles. The van der Waals surface area contributed by atoms with Crippen molar-refractivity contribution in [3.63, 3.8) is 0 Å². The summed E-state index contributed by atoms with van der Waals surface area (Å²) < 4.78 is 7.65. The summed E-state index contributed by atoms with van der Waals surface area (Å²) in [6.07, 6.45) is 6.19. The van der Waals surface area contributed by atoms with Crippen LogP contribution in [0.3, 0.4) is 0 Å². The molecule has 0 bridgehead atoms. The number of aryl methyl sites for hydroxylation is 1. The summed E-state index contributed by atoms with van der Waals surface area (Å²) in [5, 5.41) is 3.06. The van der Waals surface area contributed by atoms with Crippen LogP contribution in [0.5, 0.6) is 5.75 Å². The van der Waals surface area contributed by atoms with E-state index in [9.17, 15) is 4.79 Å². The Balaban J connectivity index is 1.46. The summed E-state index contributed by atoms with van der Waals surface area (Å²) in [4.78, 5) is 19.1. The third kappa shape index (κ3) is 5.32. The number of likely N-dealkylation sites (tertiary alicyclic amines) is 1. The van der Waals surface area contributed by atoms with Crippen molar-refractivity contribution in [1.29, 1.82) is 0 Å². The van der Waals surface area contributed by atoms with Crippen LogP contribution in [0.2, 0.25) is 0 Å². The highest BCUT2D eigenvalue weighted by Crippen LogP contribution is 2.17. The van der Waals surface area contributed by atoms with Gasteiger partial charge >= 0.3 is 0 Å². The number of piperidine rings is 1. The van der Waals surface area contributed by atoms with Gasteiger partial charge < -0.3 is 14.6 Å². The molecule has 1 aromatic heterocycles. The quantitative estimate of drug-likeness (QED) is 0.814. The van der Waals surface area contributed by atoms with Crippen molar-refractivity contribution in [2.24, 2.45) is 13.0 Å². The van der Waals surface area contributed by atoms with E-state index in [1.165, 1.54) is 12.8 Å². The minimum atomic E-state index is -0.0393. The van der Waals surface area contributed by atoms with Gasteiger partial charge in [0.05, 0.1) is 0 Å². The minimum absolute atomic E-state index is 0.0393. The Bertz CT molecular complexity index is 741. The zero-order valence-corrected chi connectivity index (χ0v) is 16.5. The van der Waals surface area contributed by atoms with Crippen LogP contribution in [0.15, 0.2) is 36.7 Å². The number of carbonyl (C=O) groups is 1. The molecule has 0 spiro atoms. The Morgan fingerprint density at radius 1 is 1.37 bits per heavy atom. The van der Waals surface area contributed by atoms with Crippen LogP contribution in [0.25, 0.3) is 0 Å². The number of carbonyl (C=O) groups excluding carboxylic acids is 1. The van der Waals surface area contributed by atoms with E-state index in [1.54, 1.807) is 18.3 Å². The Hall–Kier alpha value is -2.34. The number of nitrogens with one attached hydrogen (secondary N) is 1. The molecule has 1 aromatic carbocycles. The molecule has 0 saturated carbocycles. The summed E-state index contributed by atoms with van der Waals surface area (Å²) in [6.45, 7) is 7.81. The fourth-order valence-corrected chi connectivity index (χ4v) is 3.48. The van der Waals surface area contributed by atoms with Crippen molar-refractivity contribution in [1.82, 2.24) is 19.8 Å². The smallest absolute Gasteiger partial charge is 0.251 e. The topological polar surface area (TPSA) is 59.4 Å². The second-order valence-electron chi connectivity index (χ2n) is 7.57. The van der Waals surface area contributed by atoms with E-state index in [2.05, 4.69) is 29.0 Å². The van der Waals surface area contributed by atoms with Gasteiger partial charge in [0.1, 0.15) is 18.2 Å². The summed E-state index contributed by atoms with van der Waals surface area (Å²) in [6, 6.07) is 7.62. The fraction of sp³-hybridized carbons (Fsp3) is 0.524. The molecule has 0 radical (unpaired) electrons. The van der Waals surface area contributed by atoms with E-state index in [-0.39, 0.29) is 5.91 Å². The van der Waals surface area contributed by atoms with Crippen molar-refractivity contribution in [2.75, 3.05) is 19.6 Å². The van der Waals surface area contributed by atoms with E-state index in [1.807, 2.05) is 29.9 Å². The van der Waals surface area contributed by atoms with Gasteiger partial charge in [-0.25, -0.2) is 4.98 Å². The molecule has 27 heavy (non-hydrogen) atoms. The van der Waals surface area contributed by atoms with Crippen LogP contribution in [0.4, 0.5) is 0 Å². The SMILES string of the molecule is CC1CCCN(C(C)CNC(=O)c2ccc(OCc3nccn3C)cc2)C1. The van der Waals surface area contributed by atoms with Gasteiger partial charge in [-0.05, 0) is 56.5 Å². The average Bonchev–Trinajstić information content (AvgIpc) is 3.09. The van der Waals surface area contributed by atoms with Gasteiger partial charge in [0.15, 0.2) is 0 Å². The zero-order valence-electron chi connectivity index (χ0n) is 16.5.